The van der Waals surface area contributed by atoms with Gasteiger partial charge in [0.1, 0.15) is 5.75 Å². The topological polar surface area (TPSA) is 98.5 Å². The summed E-state index contributed by atoms with van der Waals surface area (Å²) in [5, 5.41) is 8.40. The van der Waals surface area contributed by atoms with Crippen LogP contribution in [0.3, 0.4) is 0 Å². The summed E-state index contributed by atoms with van der Waals surface area (Å²) in [6.45, 7) is 2.00. The van der Waals surface area contributed by atoms with Gasteiger partial charge < -0.3 is 10.1 Å². The van der Waals surface area contributed by atoms with Crippen LogP contribution in [0.1, 0.15) is 28.9 Å². The zero-order valence-electron chi connectivity index (χ0n) is 13.9. The van der Waals surface area contributed by atoms with Gasteiger partial charge in [0.15, 0.2) is 0 Å². The number of benzene rings is 2. The number of sulfonamides is 1. The van der Waals surface area contributed by atoms with Crippen LogP contribution in [0.25, 0.3) is 0 Å². The molecule has 8 heteroatoms. The third kappa shape index (κ3) is 5.45. The Labute approximate surface area is 159 Å². The average Bonchev–Trinajstić information content (AvgIpc) is 2.55. The summed E-state index contributed by atoms with van der Waals surface area (Å²) < 4.78 is 28.3. The monoisotopic (exact) mass is 398 g/mol. The van der Waals surface area contributed by atoms with Gasteiger partial charge in [-0.1, -0.05) is 31.2 Å². The molecule has 3 N–H and O–H groups in total. The molecule has 0 aliphatic carbocycles. The van der Waals surface area contributed by atoms with Gasteiger partial charge in [0.25, 0.3) is 5.91 Å². The van der Waals surface area contributed by atoms with Gasteiger partial charge in [-0.3, -0.25) is 4.79 Å². The van der Waals surface area contributed by atoms with Crippen LogP contribution in [0.15, 0.2) is 41.3 Å². The lowest BCUT2D eigenvalue weighted by atomic mass is 10.1. The van der Waals surface area contributed by atoms with Crippen molar-refractivity contribution in [3.8, 4) is 5.75 Å². The van der Waals surface area contributed by atoms with Gasteiger partial charge in [0.2, 0.25) is 10.0 Å². The van der Waals surface area contributed by atoms with Crippen LogP contribution in [-0.4, -0.2) is 28.0 Å². The number of aryl methyl sites for hydroxylation is 1. The smallest absolute Gasteiger partial charge is 0.255 e. The van der Waals surface area contributed by atoms with Crippen molar-refractivity contribution in [2.45, 2.75) is 25.7 Å². The molecule has 0 atom stereocenters. The fourth-order valence-corrected chi connectivity index (χ4v) is 3.38. The Morgan fingerprint density at radius 2 is 1.92 bits per heavy atom. The quantitative estimate of drug-likeness (QED) is 0.781. The maximum atomic E-state index is 12.3. The molecule has 0 aliphatic heterocycles. The van der Waals surface area contributed by atoms with Gasteiger partial charge in [-0.2, -0.15) is 0 Å². The molecule has 0 fully saturated rings. The third-order valence-corrected chi connectivity index (χ3v) is 4.95. The first-order valence-electron chi connectivity index (χ1n) is 7.46. The molecule has 0 heterocycles. The minimum atomic E-state index is -3.77. The number of hydrogen-bond donors (Lipinski definition) is 2. The standard InChI is InChI=1S/C17H19ClN2O4S.CH4/c1-11-3-4-12(9-16(11)25(19,22)23)7-8-20-17(21)14-10-13(18)5-6-15(14)24-2;/h3-6,9-10H,7-8H2,1-2H3,(H,20,21)(H2,19,22,23);1H4. The third-order valence-electron chi connectivity index (χ3n) is 3.66. The van der Waals surface area contributed by atoms with Crippen molar-refractivity contribution in [1.82, 2.24) is 5.32 Å². The molecule has 142 valence electrons. The fraction of sp³-hybridized carbons (Fsp3) is 0.278. The normalized spacial score (nSPS) is 10.8. The van der Waals surface area contributed by atoms with Gasteiger partial charge in [-0.15, -0.1) is 0 Å². The summed E-state index contributed by atoms with van der Waals surface area (Å²) in [7, 11) is -2.30. The lowest BCUT2D eigenvalue weighted by Crippen LogP contribution is -2.26. The molecule has 0 aromatic heterocycles. The number of carbonyl (C=O) groups excluding carboxylic acids is 1. The molecule has 2 aromatic carbocycles. The van der Waals surface area contributed by atoms with Gasteiger partial charge in [0.05, 0.1) is 17.6 Å². The van der Waals surface area contributed by atoms with Crippen LogP contribution in [0.4, 0.5) is 0 Å². The number of ether oxygens (including phenoxy) is 1. The van der Waals surface area contributed by atoms with Crippen molar-refractivity contribution in [3.63, 3.8) is 0 Å². The molecule has 26 heavy (non-hydrogen) atoms. The average molecular weight is 399 g/mol. The van der Waals surface area contributed by atoms with E-state index in [-0.39, 0.29) is 18.2 Å². The second-order valence-corrected chi connectivity index (χ2v) is 7.46. The maximum absolute atomic E-state index is 12.3. The van der Waals surface area contributed by atoms with E-state index in [2.05, 4.69) is 5.32 Å². The van der Waals surface area contributed by atoms with Gasteiger partial charge in [0, 0.05) is 11.6 Å². The molecular weight excluding hydrogens is 376 g/mol. The number of primary sulfonamides is 1. The lowest BCUT2D eigenvalue weighted by Gasteiger charge is -2.11. The highest BCUT2D eigenvalue weighted by Gasteiger charge is 2.14. The minimum Gasteiger partial charge on any atom is -0.496 e. The zero-order valence-corrected chi connectivity index (χ0v) is 15.4. The largest absolute Gasteiger partial charge is 0.496 e. The Morgan fingerprint density at radius 3 is 2.54 bits per heavy atom. The van der Waals surface area contributed by atoms with E-state index < -0.39 is 10.0 Å². The van der Waals surface area contributed by atoms with Crippen molar-refractivity contribution in [1.29, 1.82) is 0 Å². The highest BCUT2D eigenvalue weighted by Crippen LogP contribution is 2.22. The van der Waals surface area contributed by atoms with E-state index in [0.717, 1.165) is 5.56 Å². The number of rotatable bonds is 6. The van der Waals surface area contributed by atoms with E-state index in [9.17, 15) is 13.2 Å². The summed E-state index contributed by atoms with van der Waals surface area (Å²) in [5.41, 5.74) is 1.68. The number of amides is 1. The summed E-state index contributed by atoms with van der Waals surface area (Å²) >= 11 is 5.92. The van der Waals surface area contributed by atoms with E-state index in [1.165, 1.54) is 19.2 Å². The molecule has 1 amide bonds. The molecular formula is C18H23ClN2O4S. The van der Waals surface area contributed by atoms with Crippen LogP contribution in [-0.2, 0) is 16.4 Å². The predicted molar refractivity (Wildman–Crippen MR) is 103 cm³/mol. The Balaban J connectivity index is 0.00000338. The van der Waals surface area contributed by atoms with Crippen molar-refractivity contribution < 1.29 is 17.9 Å². The van der Waals surface area contributed by atoms with Crippen LogP contribution >= 0.6 is 11.6 Å². The molecule has 0 spiro atoms. The predicted octanol–water partition coefficient (Wildman–Crippen LogP) is 2.91. The van der Waals surface area contributed by atoms with Crippen molar-refractivity contribution >= 4 is 27.5 Å². The number of nitrogens with two attached hydrogens (primary N) is 1. The first-order chi connectivity index (χ1) is 11.7. The van der Waals surface area contributed by atoms with Crippen molar-refractivity contribution in [2.75, 3.05) is 13.7 Å². The zero-order chi connectivity index (χ0) is 18.6. The van der Waals surface area contributed by atoms with Gasteiger partial charge in [-0.25, -0.2) is 13.6 Å². The molecule has 2 aromatic rings. The van der Waals surface area contributed by atoms with Crippen molar-refractivity contribution in [2.24, 2.45) is 5.14 Å². The fourth-order valence-electron chi connectivity index (χ4n) is 2.38. The van der Waals surface area contributed by atoms with Crippen LogP contribution in [0.5, 0.6) is 5.75 Å². The van der Waals surface area contributed by atoms with E-state index in [0.29, 0.717) is 34.9 Å². The Kier molecular flexibility index (Phi) is 7.62. The summed E-state index contributed by atoms with van der Waals surface area (Å²) in [6, 6.07) is 9.80. The second kappa shape index (κ2) is 9.02. The Bertz CT molecular complexity index is 898. The molecule has 0 radical (unpaired) electrons. The van der Waals surface area contributed by atoms with Gasteiger partial charge in [-0.05, 0) is 48.7 Å². The number of hydrogen-bond acceptors (Lipinski definition) is 4. The molecule has 0 saturated heterocycles. The Hall–Kier alpha value is -2.09. The number of nitrogens with one attached hydrogen (secondary N) is 1. The number of carbonyl (C=O) groups is 1. The van der Waals surface area contributed by atoms with Crippen LogP contribution < -0.4 is 15.2 Å². The van der Waals surface area contributed by atoms with Gasteiger partial charge >= 0.3 is 0 Å². The highest BCUT2D eigenvalue weighted by atomic mass is 35.5. The number of methoxy groups -OCH3 is 1. The molecule has 0 aliphatic rings. The molecule has 6 nitrogen and oxygen atoms in total. The molecule has 0 unspecified atom stereocenters. The molecule has 0 saturated carbocycles. The minimum absolute atomic E-state index is 0. The number of halogens is 1. The van der Waals surface area contributed by atoms with E-state index in [1.807, 2.05) is 0 Å². The summed E-state index contributed by atoms with van der Waals surface area (Å²) in [6.07, 6.45) is 0.456. The molecule has 2 rings (SSSR count). The van der Waals surface area contributed by atoms with Crippen LogP contribution in [0, 0.1) is 6.92 Å². The highest BCUT2D eigenvalue weighted by molar-refractivity contribution is 7.89. The summed E-state index contributed by atoms with van der Waals surface area (Å²) in [5.74, 6) is 0.104. The SMILES string of the molecule is C.COc1ccc(Cl)cc1C(=O)NCCc1ccc(C)c(S(N)(=O)=O)c1. The lowest BCUT2D eigenvalue weighted by molar-refractivity contribution is 0.0951. The molecule has 0 bridgehead atoms. The Morgan fingerprint density at radius 1 is 1.23 bits per heavy atom. The van der Waals surface area contributed by atoms with Crippen molar-refractivity contribution in [3.05, 3.63) is 58.1 Å². The van der Waals surface area contributed by atoms with E-state index in [1.54, 1.807) is 31.2 Å². The van der Waals surface area contributed by atoms with E-state index in [4.69, 9.17) is 21.5 Å². The first-order valence-corrected chi connectivity index (χ1v) is 9.39. The van der Waals surface area contributed by atoms with E-state index >= 15 is 0 Å². The van der Waals surface area contributed by atoms with Crippen LogP contribution in [0.2, 0.25) is 5.02 Å². The summed E-state index contributed by atoms with van der Waals surface area (Å²) in [4.78, 5) is 12.4. The first kappa shape index (κ1) is 22.0. The maximum Gasteiger partial charge on any atom is 0.255 e. The second-order valence-electron chi connectivity index (χ2n) is 5.50.